The molecular formula is C17H20Cl3NO4. The molecule has 1 amide bonds. The van der Waals surface area contributed by atoms with Crippen molar-refractivity contribution >= 4 is 46.7 Å². The van der Waals surface area contributed by atoms with E-state index in [1.165, 1.54) is 18.6 Å². The molecule has 1 aromatic rings. The van der Waals surface area contributed by atoms with Crippen LogP contribution >= 0.6 is 34.8 Å². The van der Waals surface area contributed by atoms with Crippen LogP contribution in [0.25, 0.3) is 0 Å². The van der Waals surface area contributed by atoms with Gasteiger partial charge in [0.1, 0.15) is 5.75 Å². The fourth-order valence-corrected chi connectivity index (χ4v) is 3.31. The molecule has 1 aromatic carbocycles. The number of nitrogens with one attached hydrogen (secondary N) is 1. The van der Waals surface area contributed by atoms with Crippen molar-refractivity contribution < 1.29 is 19.1 Å². The number of esters is 1. The van der Waals surface area contributed by atoms with Gasteiger partial charge in [0.15, 0.2) is 13.2 Å². The summed E-state index contributed by atoms with van der Waals surface area (Å²) in [4.78, 5) is 23.6. The van der Waals surface area contributed by atoms with Crippen LogP contribution in [0, 0.1) is 5.92 Å². The Morgan fingerprint density at radius 3 is 2.48 bits per heavy atom. The molecule has 25 heavy (non-hydrogen) atoms. The zero-order chi connectivity index (χ0) is 18.4. The van der Waals surface area contributed by atoms with Crippen LogP contribution in [0.4, 0.5) is 0 Å². The van der Waals surface area contributed by atoms with Crippen molar-refractivity contribution in [2.24, 2.45) is 5.92 Å². The maximum absolute atomic E-state index is 11.9. The van der Waals surface area contributed by atoms with E-state index in [-0.39, 0.29) is 46.0 Å². The standard InChI is InChI=1S/C17H20Cl3NO4/c1-10-4-2-3-5-14(10)21-16(22)8-25-17(23)9-24-15-7-12(19)11(18)6-13(15)20/h6-7,10,14H,2-5,8-9H2,1H3,(H,21,22)/t10-,14-/m0/s1. The molecule has 2 atom stereocenters. The Balaban J connectivity index is 1.73. The average molecular weight is 409 g/mol. The Bertz CT molecular complexity index is 639. The molecule has 1 N–H and O–H groups in total. The van der Waals surface area contributed by atoms with E-state index in [4.69, 9.17) is 44.3 Å². The highest BCUT2D eigenvalue weighted by Crippen LogP contribution is 2.33. The van der Waals surface area contributed by atoms with Gasteiger partial charge in [-0.15, -0.1) is 0 Å². The predicted octanol–water partition coefficient (Wildman–Crippen LogP) is 4.26. The summed E-state index contributed by atoms with van der Waals surface area (Å²) >= 11 is 17.6. The molecule has 0 radical (unpaired) electrons. The number of benzene rings is 1. The van der Waals surface area contributed by atoms with Crippen LogP contribution in [-0.4, -0.2) is 31.1 Å². The SMILES string of the molecule is C[C@H]1CCCC[C@@H]1NC(=O)COC(=O)COc1cc(Cl)c(Cl)cc1Cl. The molecule has 0 spiro atoms. The number of carbonyl (C=O) groups is 2. The van der Waals surface area contributed by atoms with Crippen molar-refractivity contribution in [1.29, 1.82) is 0 Å². The van der Waals surface area contributed by atoms with E-state index in [2.05, 4.69) is 12.2 Å². The monoisotopic (exact) mass is 407 g/mol. The van der Waals surface area contributed by atoms with Crippen LogP contribution in [0.5, 0.6) is 5.75 Å². The lowest BCUT2D eigenvalue weighted by Gasteiger charge is -2.29. The number of amides is 1. The van der Waals surface area contributed by atoms with Gasteiger partial charge in [-0.25, -0.2) is 4.79 Å². The second-order valence-electron chi connectivity index (χ2n) is 6.08. The molecule has 2 rings (SSSR count). The van der Waals surface area contributed by atoms with Crippen molar-refractivity contribution in [1.82, 2.24) is 5.32 Å². The summed E-state index contributed by atoms with van der Waals surface area (Å²) in [5.41, 5.74) is 0. The number of ether oxygens (including phenoxy) is 2. The largest absolute Gasteiger partial charge is 0.480 e. The van der Waals surface area contributed by atoms with E-state index >= 15 is 0 Å². The van der Waals surface area contributed by atoms with E-state index in [1.807, 2.05) is 0 Å². The van der Waals surface area contributed by atoms with Gasteiger partial charge >= 0.3 is 5.97 Å². The molecule has 0 aromatic heterocycles. The van der Waals surface area contributed by atoms with E-state index in [0.717, 1.165) is 19.3 Å². The Morgan fingerprint density at radius 2 is 1.76 bits per heavy atom. The fraction of sp³-hybridized carbons (Fsp3) is 0.529. The van der Waals surface area contributed by atoms with Crippen LogP contribution in [0.2, 0.25) is 15.1 Å². The van der Waals surface area contributed by atoms with E-state index < -0.39 is 5.97 Å². The Kier molecular flexibility index (Phi) is 7.66. The van der Waals surface area contributed by atoms with E-state index in [9.17, 15) is 9.59 Å². The van der Waals surface area contributed by atoms with Crippen LogP contribution in [0.15, 0.2) is 12.1 Å². The lowest BCUT2D eigenvalue weighted by molar-refractivity contribution is -0.150. The zero-order valence-electron chi connectivity index (χ0n) is 13.8. The van der Waals surface area contributed by atoms with Gasteiger partial charge in [-0.1, -0.05) is 54.6 Å². The minimum atomic E-state index is -0.672. The van der Waals surface area contributed by atoms with E-state index in [0.29, 0.717) is 5.92 Å². The predicted molar refractivity (Wildman–Crippen MR) is 97.5 cm³/mol. The van der Waals surface area contributed by atoms with Crippen molar-refractivity contribution in [2.45, 2.75) is 38.6 Å². The third-order valence-electron chi connectivity index (χ3n) is 4.14. The van der Waals surface area contributed by atoms with Crippen LogP contribution in [0.3, 0.4) is 0 Å². The Hall–Kier alpha value is -1.17. The summed E-state index contributed by atoms with van der Waals surface area (Å²) in [7, 11) is 0. The second kappa shape index (κ2) is 9.51. The Morgan fingerprint density at radius 1 is 1.08 bits per heavy atom. The van der Waals surface area contributed by atoms with Gasteiger partial charge in [-0.3, -0.25) is 4.79 Å². The quantitative estimate of drug-likeness (QED) is 0.564. The molecule has 0 aliphatic heterocycles. The molecule has 1 saturated carbocycles. The molecule has 5 nitrogen and oxygen atoms in total. The summed E-state index contributed by atoms with van der Waals surface area (Å²) in [6.45, 7) is 1.40. The number of carbonyl (C=O) groups excluding carboxylic acids is 2. The minimum Gasteiger partial charge on any atom is -0.480 e. The number of halogens is 3. The molecule has 1 fully saturated rings. The van der Waals surface area contributed by atoms with Gasteiger partial charge in [0.25, 0.3) is 5.91 Å². The normalized spacial score (nSPS) is 20.0. The fourth-order valence-electron chi connectivity index (χ4n) is 2.72. The van der Waals surface area contributed by atoms with Gasteiger partial charge in [0, 0.05) is 12.1 Å². The molecule has 0 heterocycles. The molecule has 0 unspecified atom stereocenters. The first-order chi connectivity index (χ1) is 11.9. The number of hydrogen-bond acceptors (Lipinski definition) is 4. The molecule has 8 heteroatoms. The third-order valence-corrected chi connectivity index (χ3v) is 5.16. The van der Waals surface area contributed by atoms with Crippen molar-refractivity contribution in [3.63, 3.8) is 0 Å². The summed E-state index contributed by atoms with van der Waals surface area (Å²) in [5.74, 6) is -0.323. The van der Waals surface area contributed by atoms with Crippen LogP contribution in [-0.2, 0) is 14.3 Å². The maximum Gasteiger partial charge on any atom is 0.344 e. The van der Waals surface area contributed by atoms with Gasteiger partial charge in [0.05, 0.1) is 15.1 Å². The average Bonchev–Trinajstić information content (AvgIpc) is 2.57. The first-order valence-corrected chi connectivity index (χ1v) is 9.22. The van der Waals surface area contributed by atoms with Gasteiger partial charge in [-0.05, 0) is 24.8 Å². The summed E-state index contributed by atoms with van der Waals surface area (Å²) in [5, 5.41) is 3.69. The van der Waals surface area contributed by atoms with Crippen molar-refractivity contribution in [2.75, 3.05) is 13.2 Å². The van der Waals surface area contributed by atoms with Crippen molar-refractivity contribution in [3.8, 4) is 5.75 Å². The summed E-state index contributed by atoms with van der Waals surface area (Å²) < 4.78 is 10.2. The van der Waals surface area contributed by atoms with Gasteiger partial charge < -0.3 is 14.8 Å². The molecule has 0 saturated heterocycles. The second-order valence-corrected chi connectivity index (χ2v) is 7.30. The highest BCUT2D eigenvalue weighted by molar-refractivity contribution is 6.43. The smallest absolute Gasteiger partial charge is 0.344 e. The minimum absolute atomic E-state index is 0.145. The maximum atomic E-state index is 11.9. The lowest BCUT2D eigenvalue weighted by Crippen LogP contribution is -2.43. The molecule has 1 aliphatic carbocycles. The third kappa shape index (κ3) is 6.24. The molecule has 0 bridgehead atoms. The summed E-state index contributed by atoms with van der Waals surface area (Å²) in [6.07, 6.45) is 4.35. The molecular weight excluding hydrogens is 389 g/mol. The first-order valence-electron chi connectivity index (χ1n) is 8.09. The molecule has 1 aliphatic rings. The Labute approximate surface area is 161 Å². The molecule has 138 valence electrons. The first kappa shape index (κ1) is 20.1. The van der Waals surface area contributed by atoms with Crippen LogP contribution < -0.4 is 10.1 Å². The zero-order valence-corrected chi connectivity index (χ0v) is 16.1. The van der Waals surface area contributed by atoms with Crippen molar-refractivity contribution in [3.05, 3.63) is 27.2 Å². The number of rotatable bonds is 6. The highest BCUT2D eigenvalue weighted by atomic mass is 35.5. The van der Waals surface area contributed by atoms with E-state index in [1.54, 1.807) is 0 Å². The highest BCUT2D eigenvalue weighted by Gasteiger charge is 2.23. The lowest BCUT2D eigenvalue weighted by atomic mass is 9.86. The summed E-state index contributed by atoms with van der Waals surface area (Å²) in [6, 6.07) is 2.98. The number of hydrogen-bond donors (Lipinski definition) is 1. The topological polar surface area (TPSA) is 64.6 Å². The van der Waals surface area contributed by atoms with Crippen LogP contribution in [0.1, 0.15) is 32.6 Å². The van der Waals surface area contributed by atoms with Gasteiger partial charge in [0.2, 0.25) is 0 Å². The van der Waals surface area contributed by atoms with Gasteiger partial charge in [-0.2, -0.15) is 0 Å².